The predicted molar refractivity (Wildman–Crippen MR) is 75.0 cm³/mol. The highest BCUT2D eigenvalue weighted by atomic mass is 35.5. The largest absolute Gasteiger partial charge is 0.317 e. The second kappa shape index (κ2) is 5.22. The molecule has 1 aliphatic rings. The molecule has 0 bridgehead atoms. The summed E-state index contributed by atoms with van der Waals surface area (Å²) in [4.78, 5) is 14.4. The van der Waals surface area contributed by atoms with Gasteiger partial charge in [0.05, 0.1) is 6.07 Å². The van der Waals surface area contributed by atoms with Crippen LogP contribution in [0.1, 0.15) is 43.5 Å². The van der Waals surface area contributed by atoms with Gasteiger partial charge >= 0.3 is 0 Å². The van der Waals surface area contributed by atoms with Crippen LogP contribution in [-0.2, 0) is 0 Å². The highest BCUT2D eigenvalue weighted by Crippen LogP contribution is 2.33. The number of halogens is 1. The summed E-state index contributed by atoms with van der Waals surface area (Å²) >= 11 is 5.93. The molecule has 1 aromatic rings. The molecule has 1 fully saturated rings. The Bertz CT molecular complexity index is 533. The van der Waals surface area contributed by atoms with Gasteiger partial charge in [-0.2, -0.15) is 5.26 Å². The van der Waals surface area contributed by atoms with E-state index in [9.17, 15) is 10.1 Å². The number of nitriles is 1. The highest BCUT2D eigenvalue weighted by molar-refractivity contribution is 6.30. The summed E-state index contributed by atoms with van der Waals surface area (Å²) in [7, 11) is 0. The van der Waals surface area contributed by atoms with Gasteiger partial charge in [-0.15, -0.1) is 0 Å². The first-order valence-electron chi connectivity index (χ1n) is 6.44. The molecular formula is C15H17ClN2O. The number of carbonyl (C=O) groups excluding carboxylic acids is 1. The van der Waals surface area contributed by atoms with Gasteiger partial charge in [-0.05, 0) is 51.3 Å². The lowest BCUT2D eigenvalue weighted by Crippen LogP contribution is -2.55. The van der Waals surface area contributed by atoms with E-state index in [1.165, 1.54) is 0 Å². The minimum atomic E-state index is -0.352. The van der Waals surface area contributed by atoms with Gasteiger partial charge in [-0.25, -0.2) is 0 Å². The summed E-state index contributed by atoms with van der Waals surface area (Å²) in [5, 5.41) is 9.81. The third kappa shape index (κ3) is 2.74. The van der Waals surface area contributed by atoms with Crippen LogP contribution < -0.4 is 0 Å². The molecule has 1 atom stereocenters. The van der Waals surface area contributed by atoms with Crippen LogP contribution in [0, 0.1) is 11.3 Å². The van der Waals surface area contributed by atoms with Crippen LogP contribution in [0.5, 0.6) is 0 Å². The van der Waals surface area contributed by atoms with Gasteiger partial charge in [0.1, 0.15) is 6.04 Å². The summed E-state index contributed by atoms with van der Waals surface area (Å²) in [6.07, 6.45) is 2.63. The van der Waals surface area contributed by atoms with Crippen LogP contribution in [0.25, 0.3) is 0 Å². The quantitative estimate of drug-likeness (QED) is 0.786. The molecule has 0 aromatic heterocycles. The van der Waals surface area contributed by atoms with Crippen molar-refractivity contribution < 1.29 is 4.79 Å². The molecule has 1 aliphatic heterocycles. The maximum absolute atomic E-state index is 12.7. The summed E-state index contributed by atoms with van der Waals surface area (Å²) in [5.74, 6) is -0.112. The average Bonchev–Trinajstić information content (AvgIpc) is 2.36. The van der Waals surface area contributed by atoms with E-state index in [2.05, 4.69) is 6.07 Å². The summed E-state index contributed by atoms with van der Waals surface area (Å²) < 4.78 is 0. The van der Waals surface area contributed by atoms with E-state index in [1.54, 1.807) is 29.2 Å². The van der Waals surface area contributed by atoms with Crippen LogP contribution in [0.4, 0.5) is 0 Å². The van der Waals surface area contributed by atoms with E-state index < -0.39 is 0 Å². The number of carbonyl (C=O) groups is 1. The van der Waals surface area contributed by atoms with E-state index in [0.29, 0.717) is 10.6 Å². The van der Waals surface area contributed by atoms with Gasteiger partial charge in [0.15, 0.2) is 0 Å². The second-order valence-corrected chi connectivity index (χ2v) is 5.97. The normalized spacial score (nSPS) is 21.8. The van der Waals surface area contributed by atoms with E-state index in [1.807, 2.05) is 13.8 Å². The van der Waals surface area contributed by atoms with Crippen molar-refractivity contribution in [2.45, 2.75) is 44.7 Å². The van der Waals surface area contributed by atoms with Crippen molar-refractivity contribution in [1.82, 2.24) is 4.90 Å². The molecule has 0 saturated carbocycles. The third-order valence-corrected chi connectivity index (χ3v) is 3.90. The molecule has 1 amide bonds. The Morgan fingerprint density at radius 2 is 2.26 bits per heavy atom. The van der Waals surface area contributed by atoms with Crippen LogP contribution in [-0.4, -0.2) is 22.4 Å². The van der Waals surface area contributed by atoms with Crippen molar-refractivity contribution in [2.75, 3.05) is 0 Å². The van der Waals surface area contributed by atoms with Crippen molar-refractivity contribution in [1.29, 1.82) is 5.26 Å². The smallest absolute Gasteiger partial charge is 0.255 e. The Balaban J connectivity index is 2.37. The molecule has 0 aliphatic carbocycles. The van der Waals surface area contributed by atoms with Crippen molar-refractivity contribution in [3.63, 3.8) is 0 Å². The number of hydrogen-bond acceptors (Lipinski definition) is 2. The number of nitrogens with zero attached hydrogens (tertiary/aromatic N) is 2. The lowest BCUT2D eigenvalue weighted by atomic mass is 9.86. The molecule has 1 heterocycles. The maximum atomic E-state index is 12.7. The average molecular weight is 277 g/mol. The number of rotatable bonds is 1. The van der Waals surface area contributed by atoms with Crippen LogP contribution in [0.3, 0.4) is 0 Å². The fourth-order valence-corrected chi connectivity index (χ4v) is 2.89. The monoisotopic (exact) mass is 276 g/mol. The van der Waals surface area contributed by atoms with E-state index in [4.69, 9.17) is 11.6 Å². The van der Waals surface area contributed by atoms with Crippen LogP contribution in [0.2, 0.25) is 5.02 Å². The van der Waals surface area contributed by atoms with Gasteiger partial charge in [-0.3, -0.25) is 4.79 Å². The van der Waals surface area contributed by atoms with E-state index in [0.717, 1.165) is 19.3 Å². The lowest BCUT2D eigenvalue weighted by Gasteiger charge is -2.45. The molecule has 0 spiro atoms. The number of likely N-dealkylation sites (tertiary alicyclic amines) is 1. The first-order valence-corrected chi connectivity index (χ1v) is 6.82. The topological polar surface area (TPSA) is 44.1 Å². The highest BCUT2D eigenvalue weighted by Gasteiger charge is 2.39. The zero-order chi connectivity index (χ0) is 14.0. The van der Waals surface area contributed by atoms with Gasteiger partial charge in [-0.1, -0.05) is 17.7 Å². The zero-order valence-electron chi connectivity index (χ0n) is 11.2. The standard InChI is InChI=1S/C15H17ClN2O/c1-15(2)8-4-7-13(10-17)18(15)14(19)11-5-3-6-12(16)9-11/h3,5-6,9,13H,4,7-8H2,1-2H3. The summed E-state index contributed by atoms with van der Waals surface area (Å²) in [6, 6.07) is 8.79. The minimum absolute atomic E-state index is 0.112. The van der Waals surface area contributed by atoms with Gasteiger partial charge in [0.25, 0.3) is 5.91 Å². The van der Waals surface area contributed by atoms with Crippen LogP contribution in [0.15, 0.2) is 24.3 Å². The molecule has 100 valence electrons. The first kappa shape index (κ1) is 13.9. The predicted octanol–water partition coefficient (Wildman–Crippen LogP) is 3.64. The van der Waals surface area contributed by atoms with Crippen molar-refractivity contribution in [2.24, 2.45) is 0 Å². The maximum Gasteiger partial charge on any atom is 0.255 e. The zero-order valence-corrected chi connectivity index (χ0v) is 11.9. The molecule has 2 rings (SSSR count). The Kier molecular flexibility index (Phi) is 3.82. The molecule has 19 heavy (non-hydrogen) atoms. The van der Waals surface area contributed by atoms with E-state index >= 15 is 0 Å². The fourth-order valence-electron chi connectivity index (χ4n) is 2.70. The molecule has 1 aromatic carbocycles. The molecular weight excluding hydrogens is 260 g/mol. The number of amides is 1. The first-order chi connectivity index (χ1) is 8.95. The number of benzene rings is 1. The Labute approximate surface area is 118 Å². The fraction of sp³-hybridized carbons (Fsp3) is 0.467. The molecule has 3 nitrogen and oxygen atoms in total. The molecule has 1 saturated heterocycles. The molecule has 0 N–H and O–H groups in total. The van der Waals surface area contributed by atoms with Crippen molar-refractivity contribution in [3.8, 4) is 6.07 Å². The Morgan fingerprint density at radius 1 is 1.53 bits per heavy atom. The van der Waals surface area contributed by atoms with E-state index in [-0.39, 0.29) is 17.5 Å². The molecule has 4 heteroatoms. The van der Waals surface area contributed by atoms with Gasteiger partial charge in [0, 0.05) is 16.1 Å². The summed E-state index contributed by atoms with van der Waals surface area (Å²) in [5.41, 5.74) is 0.251. The second-order valence-electron chi connectivity index (χ2n) is 5.54. The Hall–Kier alpha value is -1.53. The Morgan fingerprint density at radius 3 is 2.89 bits per heavy atom. The van der Waals surface area contributed by atoms with Crippen LogP contribution >= 0.6 is 11.6 Å². The van der Waals surface area contributed by atoms with Gasteiger partial charge < -0.3 is 4.90 Å². The number of piperidine rings is 1. The van der Waals surface area contributed by atoms with Crippen molar-refractivity contribution in [3.05, 3.63) is 34.9 Å². The van der Waals surface area contributed by atoms with Crippen molar-refractivity contribution >= 4 is 17.5 Å². The molecule has 0 radical (unpaired) electrons. The number of hydrogen-bond donors (Lipinski definition) is 0. The molecule has 1 unspecified atom stereocenters. The lowest BCUT2D eigenvalue weighted by molar-refractivity contribution is 0.0314. The minimum Gasteiger partial charge on any atom is -0.317 e. The SMILES string of the molecule is CC1(C)CCCC(C#N)N1C(=O)c1cccc(Cl)c1. The summed E-state index contributed by atoms with van der Waals surface area (Å²) in [6.45, 7) is 4.03. The van der Waals surface area contributed by atoms with Gasteiger partial charge in [0.2, 0.25) is 0 Å². The third-order valence-electron chi connectivity index (χ3n) is 3.67.